The number of pyridine rings is 1. The summed E-state index contributed by atoms with van der Waals surface area (Å²) in [6.45, 7) is 8.25. The minimum atomic E-state index is 0.431. The van der Waals surface area contributed by atoms with Crippen LogP contribution >= 0.6 is 11.6 Å². The zero-order valence-corrected chi connectivity index (χ0v) is 11.9. The normalized spacial score (nSPS) is 10.9. The molecular weight excluding hydrogens is 234 g/mol. The van der Waals surface area contributed by atoms with Gasteiger partial charge in [-0.05, 0) is 38.4 Å². The van der Waals surface area contributed by atoms with Crippen LogP contribution in [0.4, 0.5) is 5.82 Å². The summed E-state index contributed by atoms with van der Waals surface area (Å²) < 4.78 is 0. The van der Waals surface area contributed by atoms with Gasteiger partial charge < -0.3 is 10.2 Å². The predicted molar refractivity (Wildman–Crippen MR) is 74.8 cm³/mol. The molecule has 1 aromatic heterocycles. The summed E-state index contributed by atoms with van der Waals surface area (Å²) in [5.41, 5.74) is 1.11. The second-order valence-corrected chi connectivity index (χ2v) is 4.92. The van der Waals surface area contributed by atoms with E-state index in [-0.39, 0.29) is 0 Å². The van der Waals surface area contributed by atoms with Crippen molar-refractivity contribution in [3.05, 3.63) is 22.8 Å². The van der Waals surface area contributed by atoms with Gasteiger partial charge in [-0.25, -0.2) is 4.98 Å². The average Bonchev–Trinajstić information content (AvgIpc) is 2.30. The summed E-state index contributed by atoms with van der Waals surface area (Å²) in [6, 6.07) is 2.49. The Hall–Kier alpha value is -0.800. The van der Waals surface area contributed by atoms with Crippen molar-refractivity contribution in [2.45, 2.75) is 39.8 Å². The SMILES string of the molecule is CCCNCc1cc(N(C)C(C)C)ncc1Cl. The third-order valence-electron chi connectivity index (χ3n) is 2.80. The Morgan fingerprint density at radius 2 is 2.18 bits per heavy atom. The number of halogens is 1. The van der Waals surface area contributed by atoms with Gasteiger partial charge in [0, 0.05) is 25.8 Å². The number of nitrogens with zero attached hydrogens (tertiary/aromatic N) is 2. The molecule has 0 atom stereocenters. The van der Waals surface area contributed by atoms with Crippen LogP contribution in [0.2, 0.25) is 5.02 Å². The third kappa shape index (κ3) is 4.17. The molecular formula is C13H22ClN3. The van der Waals surface area contributed by atoms with Crippen molar-refractivity contribution in [1.29, 1.82) is 0 Å². The van der Waals surface area contributed by atoms with Gasteiger partial charge in [0.15, 0.2) is 0 Å². The molecule has 0 bridgehead atoms. The van der Waals surface area contributed by atoms with E-state index < -0.39 is 0 Å². The third-order valence-corrected chi connectivity index (χ3v) is 3.14. The van der Waals surface area contributed by atoms with Crippen molar-refractivity contribution in [1.82, 2.24) is 10.3 Å². The Morgan fingerprint density at radius 1 is 1.47 bits per heavy atom. The maximum atomic E-state index is 6.14. The van der Waals surface area contributed by atoms with E-state index in [1.54, 1.807) is 6.20 Å². The lowest BCUT2D eigenvalue weighted by Crippen LogP contribution is -2.26. The van der Waals surface area contributed by atoms with E-state index in [4.69, 9.17) is 11.6 Å². The van der Waals surface area contributed by atoms with Crippen LogP contribution in [0.3, 0.4) is 0 Å². The summed E-state index contributed by atoms with van der Waals surface area (Å²) in [5.74, 6) is 0.970. The Bertz CT molecular complexity index is 353. The molecule has 0 amide bonds. The Balaban J connectivity index is 2.79. The van der Waals surface area contributed by atoms with Crippen molar-refractivity contribution in [3.8, 4) is 0 Å². The number of hydrogen-bond donors (Lipinski definition) is 1. The molecule has 0 fully saturated rings. The number of rotatable bonds is 6. The second-order valence-electron chi connectivity index (χ2n) is 4.52. The van der Waals surface area contributed by atoms with Crippen LogP contribution < -0.4 is 10.2 Å². The summed E-state index contributed by atoms with van der Waals surface area (Å²) in [6.07, 6.45) is 2.86. The van der Waals surface area contributed by atoms with E-state index in [0.717, 1.165) is 35.9 Å². The Labute approximate surface area is 109 Å². The van der Waals surface area contributed by atoms with Crippen molar-refractivity contribution < 1.29 is 0 Å². The van der Waals surface area contributed by atoms with Gasteiger partial charge in [0.25, 0.3) is 0 Å². The molecule has 1 rings (SSSR count). The second kappa shape index (κ2) is 6.82. The molecule has 17 heavy (non-hydrogen) atoms. The van der Waals surface area contributed by atoms with Gasteiger partial charge in [0.2, 0.25) is 0 Å². The maximum absolute atomic E-state index is 6.14. The van der Waals surface area contributed by atoms with E-state index in [9.17, 15) is 0 Å². The average molecular weight is 256 g/mol. The fourth-order valence-electron chi connectivity index (χ4n) is 1.46. The van der Waals surface area contributed by atoms with Crippen LogP contribution in [0.5, 0.6) is 0 Å². The van der Waals surface area contributed by atoms with Crippen LogP contribution in [-0.2, 0) is 6.54 Å². The van der Waals surface area contributed by atoms with E-state index in [0.29, 0.717) is 6.04 Å². The zero-order valence-electron chi connectivity index (χ0n) is 11.1. The monoisotopic (exact) mass is 255 g/mol. The first-order chi connectivity index (χ1) is 8.06. The van der Waals surface area contributed by atoms with E-state index in [1.807, 2.05) is 7.05 Å². The number of nitrogens with one attached hydrogen (secondary N) is 1. The van der Waals surface area contributed by atoms with Crippen LogP contribution in [0.15, 0.2) is 12.3 Å². The van der Waals surface area contributed by atoms with Gasteiger partial charge in [-0.1, -0.05) is 18.5 Å². The summed E-state index contributed by atoms with van der Waals surface area (Å²) in [4.78, 5) is 6.49. The fourth-order valence-corrected chi connectivity index (χ4v) is 1.63. The van der Waals surface area contributed by atoms with Crippen LogP contribution in [0.25, 0.3) is 0 Å². The molecule has 0 aliphatic rings. The zero-order chi connectivity index (χ0) is 12.8. The highest BCUT2D eigenvalue weighted by Gasteiger charge is 2.09. The lowest BCUT2D eigenvalue weighted by molar-refractivity contribution is 0.673. The van der Waals surface area contributed by atoms with Crippen LogP contribution in [0.1, 0.15) is 32.8 Å². The molecule has 1 N–H and O–H groups in total. The summed E-state index contributed by atoms with van der Waals surface area (Å²) >= 11 is 6.14. The minimum absolute atomic E-state index is 0.431. The lowest BCUT2D eigenvalue weighted by Gasteiger charge is -2.23. The van der Waals surface area contributed by atoms with E-state index >= 15 is 0 Å². The number of anilines is 1. The molecule has 3 nitrogen and oxygen atoms in total. The summed E-state index contributed by atoms with van der Waals surface area (Å²) in [5, 5.41) is 4.09. The first kappa shape index (κ1) is 14.3. The van der Waals surface area contributed by atoms with Crippen molar-refractivity contribution in [2.24, 2.45) is 0 Å². The van der Waals surface area contributed by atoms with Gasteiger partial charge in [-0.2, -0.15) is 0 Å². The molecule has 0 aliphatic heterocycles. The summed E-state index contributed by atoms with van der Waals surface area (Å²) in [7, 11) is 2.05. The lowest BCUT2D eigenvalue weighted by atomic mass is 10.2. The molecule has 0 spiro atoms. The highest BCUT2D eigenvalue weighted by Crippen LogP contribution is 2.20. The van der Waals surface area contributed by atoms with Crippen molar-refractivity contribution >= 4 is 17.4 Å². The minimum Gasteiger partial charge on any atom is -0.357 e. The Kier molecular flexibility index (Phi) is 5.72. The molecule has 0 aromatic carbocycles. The quantitative estimate of drug-likeness (QED) is 0.792. The van der Waals surface area contributed by atoms with E-state index in [2.05, 4.69) is 42.0 Å². The van der Waals surface area contributed by atoms with Crippen LogP contribution in [0, 0.1) is 0 Å². The van der Waals surface area contributed by atoms with E-state index in [1.165, 1.54) is 0 Å². The van der Waals surface area contributed by atoms with Crippen molar-refractivity contribution in [2.75, 3.05) is 18.5 Å². The largest absolute Gasteiger partial charge is 0.357 e. The first-order valence-electron chi connectivity index (χ1n) is 6.14. The van der Waals surface area contributed by atoms with Gasteiger partial charge in [0.1, 0.15) is 5.82 Å². The molecule has 0 saturated heterocycles. The Morgan fingerprint density at radius 3 is 2.76 bits per heavy atom. The predicted octanol–water partition coefficient (Wildman–Crippen LogP) is 3.08. The number of aromatic nitrogens is 1. The topological polar surface area (TPSA) is 28.2 Å². The van der Waals surface area contributed by atoms with Crippen LogP contribution in [-0.4, -0.2) is 24.6 Å². The van der Waals surface area contributed by atoms with Gasteiger partial charge in [0.05, 0.1) is 5.02 Å². The van der Waals surface area contributed by atoms with Crippen molar-refractivity contribution in [3.63, 3.8) is 0 Å². The van der Waals surface area contributed by atoms with Gasteiger partial charge in [-0.3, -0.25) is 0 Å². The smallest absolute Gasteiger partial charge is 0.128 e. The molecule has 96 valence electrons. The molecule has 4 heteroatoms. The molecule has 1 heterocycles. The number of hydrogen-bond acceptors (Lipinski definition) is 3. The molecule has 1 aromatic rings. The standard InChI is InChI=1S/C13H22ClN3/c1-5-6-15-8-11-7-13(16-9-12(11)14)17(4)10(2)3/h7,9-10,15H,5-6,8H2,1-4H3. The maximum Gasteiger partial charge on any atom is 0.128 e. The van der Waals surface area contributed by atoms with Gasteiger partial charge in [-0.15, -0.1) is 0 Å². The molecule has 0 aliphatic carbocycles. The highest BCUT2D eigenvalue weighted by atomic mass is 35.5. The highest BCUT2D eigenvalue weighted by molar-refractivity contribution is 6.31. The first-order valence-corrected chi connectivity index (χ1v) is 6.52. The molecule has 0 radical (unpaired) electrons. The molecule has 0 saturated carbocycles. The molecule has 0 unspecified atom stereocenters. The van der Waals surface area contributed by atoms with Gasteiger partial charge >= 0.3 is 0 Å². The fraction of sp³-hybridized carbons (Fsp3) is 0.615.